The highest BCUT2D eigenvalue weighted by atomic mass is 35.5. The van der Waals surface area contributed by atoms with Crippen molar-refractivity contribution in [2.75, 3.05) is 13.7 Å². The molecule has 4 nitrogen and oxygen atoms in total. The Balaban J connectivity index is 2.49. The number of methoxy groups -OCH3 is 1. The number of hydrogen-bond donors (Lipinski definition) is 2. The molecule has 0 aliphatic rings. The van der Waals surface area contributed by atoms with Crippen LogP contribution in [-0.2, 0) is 5.60 Å². The van der Waals surface area contributed by atoms with Gasteiger partial charge in [-0.3, -0.25) is 0 Å². The molecule has 0 spiro atoms. The predicted molar refractivity (Wildman–Crippen MR) is 87.5 cm³/mol. The monoisotopic (exact) mass is 321 g/mol. The third-order valence-electron chi connectivity index (χ3n) is 3.66. The van der Waals surface area contributed by atoms with Crippen LogP contribution in [0.4, 0.5) is 0 Å². The molecule has 0 amide bonds. The average molecular weight is 322 g/mol. The minimum atomic E-state index is -1.10. The van der Waals surface area contributed by atoms with Crippen LogP contribution in [0.25, 0.3) is 0 Å². The molecule has 0 aliphatic heterocycles. The van der Waals surface area contributed by atoms with Crippen molar-refractivity contribution < 1.29 is 14.6 Å². The highest BCUT2D eigenvalue weighted by molar-refractivity contribution is 6.31. The van der Waals surface area contributed by atoms with Gasteiger partial charge in [-0.2, -0.15) is 0 Å². The molecule has 0 heterocycles. The van der Waals surface area contributed by atoms with Crippen LogP contribution in [0, 0.1) is 0 Å². The number of aliphatic hydroxyl groups is 1. The summed E-state index contributed by atoms with van der Waals surface area (Å²) >= 11 is 6.29. The summed E-state index contributed by atoms with van der Waals surface area (Å²) in [5, 5.41) is 10.9. The zero-order valence-corrected chi connectivity index (χ0v) is 13.4. The number of halogens is 1. The number of rotatable bonds is 6. The van der Waals surface area contributed by atoms with Gasteiger partial charge >= 0.3 is 0 Å². The first-order chi connectivity index (χ1) is 10.5. The van der Waals surface area contributed by atoms with Crippen molar-refractivity contribution in [2.24, 2.45) is 5.73 Å². The maximum absolute atomic E-state index is 10.4. The van der Waals surface area contributed by atoms with Crippen molar-refractivity contribution in [1.82, 2.24) is 0 Å². The van der Waals surface area contributed by atoms with Gasteiger partial charge in [-0.25, -0.2) is 0 Å². The van der Waals surface area contributed by atoms with Crippen molar-refractivity contribution in [1.29, 1.82) is 0 Å². The largest absolute Gasteiger partial charge is 0.493 e. The first kappa shape index (κ1) is 16.6. The van der Waals surface area contributed by atoms with Gasteiger partial charge in [0.2, 0.25) is 0 Å². The molecular weight excluding hydrogens is 302 g/mol. The lowest BCUT2D eigenvalue weighted by Gasteiger charge is -2.36. The maximum Gasteiger partial charge on any atom is 0.162 e. The fourth-order valence-corrected chi connectivity index (χ4v) is 2.65. The van der Waals surface area contributed by atoms with Gasteiger partial charge in [-0.05, 0) is 25.1 Å². The first-order valence-electron chi connectivity index (χ1n) is 6.98. The summed E-state index contributed by atoms with van der Waals surface area (Å²) in [5.74, 6) is 1.09. The van der Waals surface area contributed by atoms with Crippen molar-refractivity contribution in [3.63, 3.8) is 0 Å². The molecule has 3 N–H and O–H groups in total. The van der Waals surface area contributed by atoms with Crippen molar-refractivity contribution in [3.05, 3.63) is 59.1 Å². The second-order valence-corrected chi connectivity index (χ2v) is 5.50. The van der Waals surface area contributed by atoms with Gasteiger partial charge in [0, 0.05) is 17.1 Å². The fraction of sp³-hybridized carbons (Fsp3) is 0.294. The molecule has 0 saturated heterocycles. The normalized spacial score (nSPS) is 15.0. The van der Waals surface area contributed by atoms with E-state index >= 15 is 0 Å². The molecule has 2 aromatic carbocycles. The van der Waals surface area contributed by atoms with Crippen LogP contribution in [0.5, 0.6) is 11.5 Å². The van der Waals surface area contributed by atoms with Crippen molar-refractivity contribution >= 4 is 11.6 Å². The smallest absolute Gasteiger partial charge is 0.162 e. The number of ether oxygens (including phenoxy) is 2. The van der Waals surface area contributed by atoms with E-state index in [1.807, 2.05) is 30.3 Å². The van der Waals surface area contributed by atoms with Gasteiger partial charge in [0.15, 0.2) is 17.1 Å². The molecule has 2 aromatic rings. The van der Waals surface area contributed by atoms with Crippen LogP contribution < -0.4 is 15.2 Å². The Labute approximate surface area is 135 Å². The number of aliphatic hydroxyl groups excluding tert-OH is 1. The SMILES string of the molecule is COc1ccccc1OC(C)(c1ccccc1Cl)C(O)CN. The van der Waals surface area contributed by atoms with Gasteiger partial charge in [0.25, 0.3) is 0 Å². The average Bonchev–Trinajstić information content (AvgIpc) is 2.54. The zero-order chi connectivity index (χ0) is 16.2. The Kier molecular flexibility index (Phi) is 5.29. The highest BCUT2D eigenvalue weighted by Crippen LogP contribution is 2.38. The van der Waals surface area contributed by atoms with Crippen LogP contribution in [0.3, 0.4) is 0 Å². The van der Waals surface area contributed by atoms with Crippen LogP contribution in [0.15, 0.2) is 48.5 Å². The molecule has 22 heavy (non-hydrogen) atoms. The Bertz CT molecular complexity index is 635. The Hall–Kier alpha value is -1.75. The standard InChI is InChI=1S/C17H20ClNO3/c1-17(16(20)11-19,12-7-3-4-8-13(12)18)22-15-10-6-5-9-14(15)21-2/h3-10,16,20H,11,19H2,1-2H3. The van der Waals surface area contributed by atoms with Gasteiger partial charge < -0.3 is 20.3 Å². The fourth-order valence-electron chi connectivity index (χ4n) is 2.32. The number of para-hydroxylation sites is 2. The topological polar surface area (TPSA) is 64.7 Å². The van der Waals surface area contributed by atoms with E-state index in [9.17, 15) is 5.11 Å². The van der Waals surface area contributed by atoms with Crippen LogP contribution in [0.1, 0.15) is 12.5 Å². The predicted octanol–water partition coefficient (Wildman–Crippen LogP) is 2.96. The number of benzene rings is 2. The third kappa shape index (κ3) is 3.19. The summed E-state index contributed by atoms with van der Waals surface area (Å²) < 4.78 is 11.4. The first-order valence-corrected chi connectivity index (χ1v) is 7.36. The lowest BCUT2D eigenvalue weighted by atomic mass is 9.89. The van der Waals surface area contributed by atoms with E-state index in [1.165, 1.54) is 0 Å². The summed E-state index contributed by atoms with van der Waals surface area (Å²) in [4.78, 5) is 0. The molecule has 0 radical (unpaired) electrons. The van der Waals surface area contributed by atoms with Crippen LogP contribution in [-0.4, -0.2) is 24.9 Å². The minimum absolute atomic E-state index is 0.0386. The zero-order valence-electron chi connectivity index (χ0n) is 12.6. The summed E-state index contributed by atoms with van der Waals surface area (Å²) in [6, 6.07) is 14.5. The summed E-state index contributed by atoms with van der Waals surface area (Å²) in [5.41, 5.74) is 5.24. The second-order valence-electron chi connectivity index (χ2n) is 5.09. The molecule has 0 bridgehead atoms. The van der Waals surface area contributed by atoms with Gasteiger partial charge in [0.1, 0.15) is 6.10 Å². The van der Waals surface area contributed by atoms with Crippen LogP contribution in [0.2, 0.25) is 5.02 Å². The molecule has 0 fully saturated rings. The molecular formula is C17H20ClNO3. The summed E-state index contributed by atoms with van der Waals surface area (Å²) in [6.45, 7) is 1.80. The summed E-state index contributed by atoms with van der Waals surface area (Å²) in [6.07, 6.45) is -0.933. The number of nitrogens with two attached hydrogens (primary N) is 1. The second kappa shape index (κ2) is 7.01. The van der Waals surface area contributed by atoms with E-state index in [4.69, 9.17) is 26.8 Å². The van der Waals surface area contributed by atoms with Crippen LogP contribution >= 0.6 is 11.6 Å². The van der Waals surface area contributed by atoms with E-state index in [1.54, 1.807) is 32.2 Å². The Morgan fingerprint density at radius 3 is 2.32 bits per heavy atom. The molecule has 0 saturated carbocycles. The molecule has 2 rings (SSSR count). The molecule has 5 heteroatoms. The lowest BCUT2D eigenvalue weighted by Crippen LogP contribution is -2.46. The molecule has 2 unspecified atom stereocenters. The van der Waals surface area contributed by atoms with E-state index in [-0.39, 0.29) is 6.54 Å². The third-order valence-corrected chi connectivity index (χ3v) is 3.99. The Morgan fingerprint density at radius 2 is 1.73 bits per heavy atom. The highest BCUT2D eigenvalue weighted by Gasteiger charge is 2.39. The van der Waals surface area contributed by atoms with Crippen molar-refractivity contribution in [2.45, 2.75) is 18.6 Å². The maximum atomic E-state index is 10.4. The lowest BCUT2D eigenvalue weighted by molar-refractivity contribution is -0.0421. The van der Waals surface area contributed by atoms with Gasteiger partial charge in [-0.1, -0.05) is 41.9 Å². The Morgan fingerprint density at radius 1 is 1.14 bits per heavy atom. The van der Waals surface area contributed by atoms with E-state index in [2.05, 4.69) is 0 Å². The van der Waals surface area contributed by atoms with Gasteiger partial charge in [0.05, 0.1) is 7.11 Å². The molecule has 0 aromatic heterocycles. The molecule has 0 aliphatic carbocycles. The van der Waals surface area contributed by atoms with Crippen molar-refractivity contribution in [3.8, 4) is 11.5 Å². The minimum Gasteiger partial charge on any atom is -0.493 e. The van der Waals surface area contributed by atoms with Gasteiger partial charge in [-0.15, -0.1) is 0 Å². The van der Waals surface area contributed by atoms with E-state index in [0.717, 1.165) is 0 Å². The van der Waals surface area contributed by atoms with E-state index < -0.39 is 11.7 Å². The number of hydrogen-bond acceptors (Lipinski definition) is 4. The molecule has 2 atom stereocenters. The summed E-state index contributed by atoms with van der Waals surface area (Å²) in [7, 11) is 1.56. The molecule has 118 valence electrons. The van der Waals surface area contributed by atoms with E-state index in [0.29, 0.717) is 22.1 Å². The quantitative estimate of drug-likeness (QED) is 0.858.